The predicted octanol–water partition coefficient (Wildman–Crippen LogP) is 4.00. The molecule has 3 aromatic rings. The maximum atomic E-state index is 13.9. The number of fused-ring (bicyclic) bond motifs is 1. The number of hydrogen-bond acceptors (Lipinski definition) is 3. The Hall–Kier alpha value is -2.46. The average Bonchev–Trinajstić information content (AvgIpc) is 2.54. The molecule has 2 aromatic carbocycles. The van der Waals surface area contributed by atoms with E-state index >= 15 is 0 Å². The minimum Gasteiger partial charge on any atom is -0.384 e. The van der Waals surface area contributed by atoms with Gasteiger partial charge in [0.05, 0.1) is 0 Å². The third-order valence-electron chi connectivity index (χ3n) is 3.94. The molecule has 0 saturated heterocycles. The minimum absolute atomic E-state index is 0.312. The highest BCUT2D eigenvalue weighted by molar-refractivity contribution is 5.91. The lowest BCUT2D eigenvalue weighted by Crippen LogP contribution is -2.30. The highest BCUT2D eigenvalue weighted by atomic mass is 19.1. The maximum absolute atomic E-state index is 13.9. The van der Waals surface area contributed by atoms with Gasteiger partial charge in [0.15, 0.2) is 0 Å². The molecule has 0 aliphatic rings. The predicted molar refractivity (Wildman–Crippen MR) is 90.9 cm³/mol. The maximum Gasteiger partial charge on any atom is 0.149 e. The molecule has 0 saturated carbocycles. The Morgan fingerprint density at radius 1 is 1.13 bits per heavy atom. The molecule has 1 heterocycles. The first-order valence-corrected chi connectivity index (χ1v) is 7.55. The Morgan fingerprint density at radius 3 is 2.61 bits per heavy atom. The zero-order valence-corrected chi connectivity index (χ0v) is 13.2. The van der Waals surface area contributed by atoms with Gasteiger partial charge in [-0.3, -0.25) is 0 Å². The lowest BCUT2D eigenvalue weighted by molar-refractivity contribution is 0.0716. The number of pyridine rings is 1. The number of aromatic nitrogens is 1. The van der Waals surface area contributed by atoms with E-state index in [1.165, 1.54) is 6.07 Å². The van der Waals surface area contributed by atoms with E-state index in [1.807, 2.05) is 49.4 Å². The molecule has 0 fully saturated rings. The van der Waals surface area contributed by atoms with Crippen LogP contribution < -0.4 is 5.32 Å². The van der Waals surface area contributed by atoms with Crippen molar-refractivity contribution in [3.63, 3.8) is 0 Å². The highest BCUT2D eigenvalue weighted by Gasteiger charge is 2.23. The lowest BCUT2D eigenvalue weighted by Gasteiger charge is -2.25. The van der Waals surface area contributed by atoms with Crippen molar-refractivity contribution >= 4 is 16.6 Å². The molecule has 3 rings (SSSR count). The molecule has 118 valence electrons. The number of benzene rings is 2. The van der Waals surface area contributed by atoms with Crippen LogP contribution in [0.3, 0.4) is 0 Å². The molecule has 23 heavy (non-hydrogen) atoms. The normalized spacial score (nSPS) is 13.7. The lowest BCUT2D eigenvalue weighted by atomic mass is 9.96. The van der Waals surface area contributed by atoms with Gasteiger partial charge in [0.25, 0.3) is 0 Å². The van der Waals surface area contributed by atoms with Crippen LogP contribution in [0.15, 0.2) is 54.6 Å². The van der Waals surface area contributed by atoms with Crippen LogP contribution in [0.1, 0.15) is 18.2 Å². The number of nitrogens with one attached hydrogen (secondary N) is 1. The van der Waals surface area contributed by atoms with Gasteiger partial charge in [0.2, 0.25) is 0 Å². The number of hydrogen-bond donors (Lipinski definition) is 2. The number of rotatable bonds is 4. The van der Waals surface area contributed by atoms with Crippen molar-refractivity contribution in [3.05, 3.63) is 71.7 Å². The molecule has 2 N–H and O–H groups in total. The summed E-state index contributed by atoms with van der Waals surface area (Å²) in [4.78, 5) is 4.26. The van der Waals surface area contributed by atoms with Crippen molar-refractivity contribution in [2.24, 2.45) is 0 Å². The van der Waals surface area contributed by atoms with Gasteiger partial charge in [-0.25, -0.2) is 9.37 Å². The Morgan fingerprint density at radius 2 is 1.87 bits per heavy atom. The van der Waals surface area contributed by atoms with Crippen LogP contribution >= 0.6 is 0 Å². The van der Waals surface area contributed by atoms with E-state index in [4.69, 9.17) is 0 Å². The number of nitrogens with zero attached hydrogens (tertiary/aromatic N) is 1. The fourth-order valence-electron chi connectivity index (χ4n) is 2.65. The summed E-state index contributed by atoms with van der Waals surface area (Å²) in [5.41, 5.74) is 1.63. The number of anilines is 1. The van der Waals surface area contributed by atoms with Crippen LogP contribution in [0.25, 0.3) is 10.9 Å². The third-order valence-corrected chi connectivity index (χ3v) is 3.94. The number of para-hydroxylation sites is 1. The van der Waals surface area contributed by atoms with E-state index in [9.17, 15) is 9.50 Å². The van der Waals surface area contributed by atoms with Gasteiger partial charge in [-0.1, -0.05) is 42.5 Å². The highest BCUT2D eigenvalue weighted by Crippen LogP contribution is 2.27. The summed E-state index contributed by atoms with van der Waals surface area (Å²) in [6.07, 6.45) is 0. The summed E-state index contributed by atoms with van der Waals surface area (Å²) in [6.45, 7) is 3.89. The Bertz CT molecular complexity index is 831. The summed E-state index contributed by atoms with van der Waals surface area (Å²) in [6, 6.07) is 16.2. The molecule has 4 heteroatoms. The largest absolute Gasteiger partial charge is 0.384 e. The summed E-state index contributed by atoms with van der Waals surface area (Å²) < 4.78 is 13.9. The quantitative estimate of drug-likeness (QED) is 0.765. The van der Waals surface area contributed by atoms with Gasteiger partial charge in [0, 0.05) is 23.3 Å². The molecule has 3 nitrogen and oxygen atoms in total. The van der Waals surface area contributed by atoms with Crippen molar-refractivity contribution in [2.45, 2.75) is 19.4 Å². The second kappa shape index (κ2) is 5.97. The molecule has 1 unspecified atom stereocenters. The van der Waals surface area contributed by atoms with Gasteiger partial charge in [-0.05, 0) is 31.5 Å². The monoisotopic (exact) mass is 310 g/mol. The van der Waals surface area contributed by atoms with E-state index in [0.717, 1.165) is 16.9 Å². The number of aryl methyl sites for hydroxylation is 1. The SMILES string of the molecule is Cc1cc(NCC(C)(O)c2ccccc2)c2cccc(F)c2n1. The molecular formula is C19H19FN2O. The molecule has 0 aliphatic carbocycles. The van der Waals surface area contributed by atoms with E-state index in [2.05, 4.69) is 10.3 Å². The molecule has 0 bridgehead atoms. The second-order valence-electron chi connectivity index (χ2n) is 5.94. The van der Waals surface area contributed by atoms with E-state index in [1.54, 1.807) is 13.0 Å². The van der Waals surface area contributed by atoms with E-state index < -0.39 is 5.60 Å². The van der Waals surface area contributed by atoms with Gasteiger partial charge in [-0.15, -0.1) is 0 Å². The minimum atomic E-state index is -1.03. The fraction of sp³-hybridized carbons (Fsp3) is 0.211. The first-order chi connectivity index (χ1) is 11.0. The van der Waals surface area contributed by atoms with Crippen LogP contribution in [-0.2, 0) is 5.60 Å². The van der Waals surface area contributed by atoms with Gasteiger partial charge < -0.3 is 10.4 Å². The molecule has 1 atom stereocenters. The Labute approximate surface area is 134 Å². The Balaban J connectivity index is 1.92. The van der Waals surface area contributed by atoms with Crippen LogP contribution in [0.2, 0.25) is 0 Å². The van der Waals surface area contributed by atoms with Crippen molar-refractivity contribution < 1.29 is 9.50 Å². The van der Waals surface area contributed by atoms with Gasteiger partial charge in [-0.2, -0.15) is 0 Å². The second-order valence-corrected chi connectivity index (χ2v) is 5.94. The smallest absolute Gasteiger partial charge is 0.149 e. The molecule has 1 aromatic heterocycles. The summed E-state index contributed by atoms with van der Waals surface area (Å²) in [7, 11) is 0. The first-order valence-electron chi connectivity index (χ1n) is 7.55. The van der Waals surface area contributed by atoms with Crippen LogP contribution in [0.5, 0.6) is 0 Å². The summed E-state index contributed by atoms with van der Waals surface area (Å²) in [5.74, 6) is -0.343. The van der Waals surface area contributed by atoms with Crippen molar-refractivity contribution in [2.75, 3.05) is 11.9 Å². The number of halogens is 1. The topological polar surface area (TPSA) is 45.1 Å². The fourth-order valence-corrected chi connectivity index (χ4v) is 2.65. The van der Waals surface area contributed by atoms with Crippen LogP contribution in [0.4, 0.5) is 10.1 Å². The third kappa shape index (κ3) is 3.17. The molecule has 0 aliphatic heterocycles. The average molecular weight is 310 g/mol. The first kappa shape index (κ1) is 15.4. The zero-order valence-electron chi connectivity index (χ0n) is 13.2. The number of aliphatic hydroxyl groups is 1. The van der Waals surface area contributed by atoms with Crippen LogP contribution in [0, 0.1) is 12.7 Å². The van der Waals surface area contributed by atoms with Crippen molar-refractivity contribution in [1.29, 1.82) is 0 Å². The van der Waals surface area contributed by atoms with Crippen molar-refractivity contribution in [1.82, 2.24) is 4.98 Å². The summed E-state index contributed by atoms with van der Waals surface area (Å²) >= 11 is 0. The van der Waals surface area contributed by atoms with E-state index in [-0.39, 0.29) is 5.82 Å². The zero-order chi connectivity index (χ0) is 16.4. The van der Waals surface area contributed by atoms with Gasteiger partial charge >= 0.3 is 0 Å². The Kier molecular flexibility index (Phi) is 4.01. The van der Waals surface area contributed by atoms with E-state index in [0.29, 0.717) is 17.4 Å². The molecule has 0 amide bonds. The van der Waals surface area contributed by atoms with Crippen molar-refractivity contribution in [3.8, 4) is 0 Å². The molecule has 0 radical (unpaired) electrons. The van der Waals surface area contributed by atoms with Crippen LogP contribution in [-0.4, -0.2) is 16.6 Å². The van der Waals surface area contributed by atoms with Gasteiger partial charge in [0.1, 0.15) is 16.9 Å². The molecular weight excluding hydrogens is 291 g/mol. The standard InChI is InChI=1S/C19H19FN2O/c1-13-11-17(15-9-6-10-16(20)18(15)22-13)21-12-19(2,23)14-7-4-3-5-8-14/h3-11,23H,12H2,1-2H3,(H,21,22). The molecule has 0 spiro atoms. The summed E-state index contributed by atoms with van der Waals surface area (Å²) in [5, 5.41) is 14.6.